The van der Waals surface area contributed by atoms with Crippen molar-refractivity contribution in [1.29, 1.82) is 0 Å². The molecule has 1 amide bonds. The minimum absolute atomic E-state index is 0.282. The van der Waals surface area contributed by atoms with Gasteiger partial charge in [0.05, 0.1) is 5.52 Å². The molecule has 4 rings (SSSR count). The van der Waals surface area contributed by atoms with Gasteiger partial charge in [-0.2, -0.15) is 5.10 Å². The number of carbonyl (C=O) groups excluding carboxylic acids is 1. The summed E-state index contributed by atoms with van der Waals surface area (Å²) < 4.78 is 0. The van der Waals surface area contributed by atoms with E-state index in [1.165, 1.54) is 0 Å². The minimum atomic E-state index is -0.282. The second-order valence-corrected chi connectivity index (χ2v) is 4.90. The highest BCUT2D eigenvalue weighted by Crippen LogP contribution is 2.20. The van der Waals surface area contributed by atoms with E-state index in [2.05, 4.69) is 36.1 Å². The molecule has 0 atom stereocenters. The number of anilines is 1. The van der Waals surface area contributed by atoms with E-state index in [0.29, 0.717) is 17.2 Å². The SMILES string of the molecule is O=C(Nc1cccc(-c2nnn[nH]2)c1)c1n[nH]c2ccccc12. The number of amides is 1. The molecule has 0 aliphatic rings. The Labute approximate surface area is 129 Å². The Morgan fingerprint density at radius 1 is 1.04 bits per heavy atom. The minimum Gasteiger partial charge on any atom is -0.321 e. The molecule has 4 aromatic rings. The van der Waals surface area contributed by atoms with Crippen molar-refractivity contribution in [3.8, 4) is 11.4 Å². The molecule has 0 aliphatic carbocycles. The molecule has 23 heavy (non-hydrogen) atoms. The third-order valence-corrected chi connectivity index (χ3v) is 3.42. The smallest absolute Gasteiger partial charge is 0.276 e. The maximum absolute atomic E-state index is 12.4. The first-order valence-electron chi connectivity index (χ1n) is 6.90. The molecular weight excluding hydrogens is 294 g/mol. The molecule has 0 fully saturated rings. The molecule has 2 aromatic heterocycles. The van der Waals surface area contributed by atoms with E-state index in [4.69, 9.17) is 0 Å². The lowest BCUT2D eigenvalue weighted by Gasteiger charge is -2.05. The number of aromatic amines is 2. The lowest BCUT2D eigenvalue weighted by molar-refractivity contribution is 0.102. The Kier molecular flexibility index (Phi) is 3.05. The second kappa shape index (κ2) is 5.34. The third-order valence-electron chi connectivity index (χ3n) is 3.42. The second-order valence-electron chi connectivity index (χ2n) is 4.90. The van der Waals surface area contributed by atoms with Gasteiger partial charge in [0.2, 0.25) is 0 Å². The summed E-state index contributed by atoms with van der Waals surface area (Å²) in [5, 5.41) is 24.2. The van der Waals surface area contributed by atoms with Crippen LogP contribution in [-0.4, -0.2) is 36.7 Å². The van der Waals surface area contributed by atoms with Crippen LogP contribution in [0, 0.1) is 0 Å². The fraction of sp³-hybridized carbons (Fsp3) is 0. The number of benzene rings is 2. The monoisotopic (exact) mass is 305 g/mol. The van der Waals surface area contributed by atoms with E-state index in [1.807, 2.05) is 36.4 Å². The maximum Gasteiger partial charge on any atom is 0.276 e. The number of carbonyl (C=O) groups is 1. The van der Waals surface area contributed by atoms with Crippen LogP contribution in [0.3, 0.4) is 0 Å². The lowest BCUT2D eigenvalue weighted by atomic mass is 10.1. The van der Waals surface area contributed by atoms with Crippen molar-refractivity contribution in [3.05, 3.63) is 54.2 Å². The van der Waals surface area contributed by atoms with Crippen molar-refractivity contribution in [2.75, 3.05) is 5.32 Å². The summed E-state index contributed by atoms with van der Waals surface area (Å²) in [4.78, 5) is 12.4. The van der Waals surface area contributed by atoms with Gasteiger partial charge in [0.1, 0.15) is 0 Å². The summed E-state index contributed by atoms with van der Waals surface area (Å²) in [6.07, 6.45) is 0. The summed E-state index contributed by atoms with van der Waals surface area (Å²) in [5.41, 5.74) is 2.59. The Morgan fingerprint density at radius 3 is 2.83 bits per heavy atom. The van der Waals surface area contributed by atoms with Crippen molar-refractivity contribution in [1.82, 2.24) is 30.8 Å². The Hall–Kier alpha value is -3.55. The topological polar surface area (TPSA) is 112 Å². The average Bonchev–Trinajstić information content (AvgIpc) is 3.25. The van der Waals surface area contributed by atoms with Crippen molar-refractivity contribution in [2.24, 2.45) is 0 Å². The van der Waals surface area contributed by atoms with E-state index in [1.54, 1.807) is 12.1 Å². The predicted octanol–water partition coefficient (Wildman–Crippen LogP) is 2.00. The van der Waals surface area contributed by atoms with E-state index in [9.17, 15) is 4.79 Å². The number of aromatic nitrogens is 6. The van der Waals surface area contributed by atoms with Crippen LogP contribution < -0.4 is 5.32 Å². The Balaban J connectivity index is 1.63. The van der Waals surface area contributed by atoms with Crippen LogP contribution in [0.25, 0.3) is 22.3 Å². The summed E-state index contributed by atoms with van der Waals surface area (Å²) in [7, 11) is 0. The molecule has 0 radical (unpaired) electrons. The number of para-hydroxylation sites is 1. The van der Waals surface area contributed by atoms with Gasteiger partial charge in [0.25, 0.3) is 5.91 Å². The van der Waals surface area contributed by atoms with Gasteiger partial charge in [0.15, 0.2) is 11.5 Å². The van der Waals surface area contributed by atoms with Gasteiger partial charge < -0.3 is 5.32 Å². The highest BCUT2D eigenvalue weighted by Gasteiger charge is 2.14. The average molecular weight is 305 g/mol. The fourth-order valence-electron chi connectivity index (χ4n) is 2.35. The first-order chi connectivity index (χ1) is 11.3. The van der Waals surface area contributed by atoms with Crippen molar-refractivity contribution >= 4 is 22.5 Å². The highest BCUT2D eigenvalue weighted by atomic mass is 16.1. The standard InChI is InChI=1S/C15H11N7O/c23-15(13-11-6-1-2-7-12(11)17-18-13)16-10-5-3-4-9(8-10)14-19-21-22-20-14/h1-8H,(H,16,23)(H,17,18)(H,19,20,21,22). The van der Waals surface area contributed by atoms with Gasteiger partial charge in [-0.15, -0.1) is 5.10 Å². The summed E-state index contributed by atoms with van der Waals surface area (Å²) in [6, 6.07) is 14.7. The molecule has 0 aliphatic heterocycles. The molecule has 0 saturated heterocycles. The third kappa shape index (κ3) is 2.42. The zero-order valence-electron chi connectivity index (χ0n) is 11.8. The van der Waals surface area contributed by atoms with Gasteiger partial charge in [-0.1, -0.05) is 30.3 Å². The van der Waals surface area contributed by atoms with Gasteiger partial charge in [0, 0.05) is 16.6 Å². The summed E-state index contributed by atoms with van der Waals surface area (Å²) in [6.45, 7) is 0. The molecule has 0 unspecified atom stereocenters. The van der Waals surface area contributed by atoms with Crippen LogP contribution in [0.5, 0.6) is 0 Å². The van der Waals surface area contributed by atoms with Gasteiger partial charge in [-0.3, -0.25) is 9.89 Å². The van der Waals surface area contributed by atoms with Gasteiger partial charge in [-0.05, 0) is 28.6 Å². The number of nitrogens with zero attached hydrogens (tertiary/aromatic N) is 4. The van der Waals surface area contributed by atoms with Crippen LogP contribution >= 0.6 is 0 Å². The largest absolute Gasteiger partial charge is 0.321 e. The van der Waals surface area contributed by atoms with Crippen LogP contribution in [0.1, 0.15) is 10.5 Å². The normalized spacial score (nSPS) is 10.8. The van der Waals surface area contributed by atoms with Crippen LogP contribution in [0.4, 0.5) is 5.69 Å². The number of nitrogens with one attached hydrogen (secondary N) is 3. The molecule has 2 aromatic carbocycles. The first kappa shape index (κ1) is 13.1. The molecule has 112 valence electrons. The number of H-pyrrole nitrogens is 2. The summed E-state index contributed by atoms with van der Waals surface area (Å²) >= 11 is 0. The van der Waals surface area contributed by atoms with E-state index in [0.717, 1.165) is 16.5 Å². The van der Waals surface area contributed by atoms with Crippen LogP contribution in [-0.2, 0) is 0 Å². The maximum atomic E-state index is 12.4. The zero-order chi connectivity index (χ0) is 15.6. The van der Waals surface area contributed by atoms with E-state index in [-0.39, 0.29) is 5.91 Å². The number of fused-ring (bicyclic) bond motifs is 1. The quantitative estimate of drug-likeness (QED) is 0.536. The molecule has 0 saturated carbocycles. The molecule has 8 nitrogen and oxygen atoms in total. The number of hydrogen-bond donors (Lipinski definition) is 3. The molecule has 3 N–H and O–H groups in total. The van der Waals surface area contributed by atoms with Crippen LogP contribution in [0.15, 0.2) is 48.5 Å². The van der Waals surface area contributed by atoms with Crippen molar-refractivity contribution < 1.29 is 4.79 Å². The zero-order valence-corrected chi connectivity index (χ0v) is 11.8. The van der Waals surface area contributed by atoms with E-state index < -0.39 is 0 Å². The Bertz CT molecular complexity index is 974. The molecule has 0 spiro atoms. The number of rotatable bonds is 3. The predicted molar refractivity (Wildman–Crippen MR) is 83.7 cm³/mol. The van der Waals surface area contributed by atoms with Gasteiger partial charge >= 0.3 is 0 Å². The lowest BCUT2D eigenvalue weighted by Crippen LogP contribution is -2.12. The molecule has 8 heteroatoms. The molecule has 2 heterocycles. The van der Waals surface area contributed by atoms with Crippen molar-refractivity contribution in [3.63, 3.8) is 0 Å². The summed E-state index contributed by atoms with van der Waals surface area (Å²) in [5.74, 6) is 0.251. The van der Waals surface area contributed by atoms with Crippen molar-refractivity contribution in [2.45, 2.75) is 0 Å². The van der Waals surface area contributed by atoms with E-state index >= 15 is 0 Å². The molecule has 0 bridgehead atoms. The molecular formula is C15H11N7O. The van der Waals surface area contributed by atoms with Crippen LogP contribution in [0.2, 0.25) is 0 Å². The van der Waals surface area contributed by atoms with Gasteiger partial charge in [-0.25, -0.2) is 5.10 Å². The number of tetrazole rings is 1. The fourth-order valence-corrected chi connectivity index (χ4v) is 2.35. The highest BCUT2D eigenvalue weighted by molar-refractivity contribution is 6.11. The Morgan fingerprint density at radius 2 is 1.96 bits per heavy atom. The number of hydrogen-bond acceptors (Lipinski definition) is 5. The first-order valence-corrected chi connectivity index (χ1v) is 6.90.